The Hall–Kier alpha value is -1.81. The number of methoxy groups -OCH3 is 1. The smallest absolute Gasteiger partial charge is 0.338 e. The highest BCUT2D eigenvalue weighted by Crippen LogP contribution is 2.23. The zero-order chi connectivity index (χ0) is 16.1. The third-order valence-corrected chi connectivity index (χ3v) is 3.89. The molecule has 0 unspecified atom stereocenters. The van der Waals surface area contributed by atoms with Crippen molar-refractivity contribution in [2.24, 2.45) is 0 Å². The van der Waals surface area contributed by atoms with E-state index in [4.69, 9.17) is 9.47 Å². The standard InChI is InChI=1S/C18H19BrO3/c1-12(2)13-5-4-6-16(9-13)22-11-14-7-8-15(19)10-17(14)18(20)21-3/h4-10,12H,11H2,1-3H3. The molecule has 0 radical (unpaired) electrons. The van der Waals surface area contributed by atoms with Crippen molar-refractivity contribution in [3.63, 3.8) is 0 Å². The Morgan fingerprint density at radius 1 is 1.18 bits per heavy atom. The molecule has 0 N–H and O–H groups in total. The molecule has 0 saturated heterocycles. The summed E-state index contributed by atoms with van der Waals surface area (Å²) in [7, 11) is 1.37. The second kappa shape index (κ2) is 7.45. The first-order chi connectivity index (χ1) is 10.5. The van der Waals surface area contributed by atoms with Gasteiger partial charge in [0.1, 0.15) is 12.4 Å². The summed E-state index contributed by atoms with van der Waals surface area (Å²) in [6, 6.07) is 13.5. The van der Waals surface area contributed by atoms with Crippen molar-refractivity contribution in [3.8, 4) is 5.75 Å². The number of ether oxygens (including phenoxy) is 2. The molecule has 0 bridgehead atoms. The second-order valence-corrected chi connectivity index (χ2v) is 6.22. The van der Waals surface area contributed by atoms with Gasteiger partial charge in [0, 0.05) is 10.0 Å². The summed E-state index contributed by atoms with van der Waals surface area (Å²) >= 11 is 3.37. The molecule has 3 nitrogen and oxygen atoms in total. The zero-order valence-corrected chi connectivity index (χ0v) is 14.5. The van der Waals surface area contributed by atoms with Crippen molar-refractivity contribution >= 4 is 21.9 Å². The van der Waals surface area contributed by atoms with E-state index in [0.29, 0.717) is 18.1 Å². The molecule has 4 heteroatoms. The molecule has 0 atom stereocenters. The SMILES string of the molecule is COC(=O)c1cc(Br)ccc1COc1cccc(C(C)C)c1. The Bertz CT molecular complexity index is 665. The van der Waals surface area contributed by atoms with E-state index in [1.54, 1.807) is 6.07 Å². The summed E-state index contributed by atoms with van der Waals surface area (Å²) in [5, 5.41) is 0. The Morgan fingerprint density at radius 3 is 2.64 bits per heavy atom. The number of rotatable bonds is 5. The maximum atomic E-state index is 11.8. The maximum Gasteiger partial charge on any atom is 0.338 e. The van der Waals surface area contributed by atoms with E-state index in [2.05, 4.69) is 35.8 Å². The first-order valence-corrected chi connectivity index (χ1v) is 7.90. The van der Waals surface area contributed by atoms with Gasteiger partial charge in [-0.2, -0.15) is 0 Å². The van der Waals surface area contributed by atoms with Crippen LogP contribution in [0.15, 0.2) is 46.9 Å². The summed E-state index contributed by atoms with van der Waals surface area (Å²) in [6.45, 7) is 4.60. The Morgan fingerprint density at radius 2 is 1.95 bits per heavy atom. The normalized spacial score (nSPS) is 10.6. The third kappa shape index (κ3) is 4.10. The molecule has 0 heterocycles. The molecular formula is C18H19BrO3. The van der Waals surface area contributed by atoms with Crippen LogP contribution in [0.3, 0.4) is 0 Å². The first-order valence-electron chi connectivity index (χ1n) is 7.10. The van der Waals surface area contributed by atoms with Crippen LogP contribution in [-0.2, 0) is 11.3 Å². The van der Waals surface area contributed by atoms with Crippen LogP contribution in [0.2, 0.25) is 0 Å². The molecule has 2 aromatic rings. The summed E-state index contributed by atoms with van der Waals surface area (Å²) in [5.74, 6) is 0.877. The minimum Gasteiger partial charge on any atom is -0.489 e. The van der Waals surface area contributed by atoms with Crippen molar-refractivity contribution in [2.75, 3.05) is 7.11 Å². The Kier molecular flexibility index (Phi) is 5.61. The largest absolute Gasteiger partial charge is 0.489 e. The van der Waals surface area contributed by atoms with Crippen molar-refractivity contribution in [3.05, 3.63) is 63.6 Å². The van der Waals surface area contributed by atoms with Gasteiger partial charge in [0.2, 0.25) is 0 Å². The lowest BCUT2D eigenvalue weighted by Gasteiger charge is -2.12. The maximum absolute atomic E-state index is 11.8. The lowest BCUT2D eigenvalue weighted by atomic mass is 10.0. The van der Waals surface area contributed by atoms with Gasteiger partial charge < -0.3 is 9.47 Å². The van der Waals surface area contributed by atoms with Crippen molar-refractivity contribution in [1.82, 2.24) is 0 Å². The number of esters is 1. The van der Waals surface area contributed by atoms with Crippen LogP contribution in [0.4, 0.5) is 0 Å². The van der Waals surface area contributed by atoms with Gasteiger partial charge in [-0.15, -0.1) is 0 Å². The van der Waals surface area contributed by atoms with Crippen LogP contribution in [0.5, 0.6) is 5.75 Å². The minimum absolute atomic E-state index is 0.319. The number of hydrogen-bond acceptors (Lipinski definition) is 3. The van der Waals surface area contributed by atoms with E-state index in [9.17, 15) is 4.79 Å². The molecule has 0 aliphatic carbocycles. The molecule has 0 amide bonds. The molecule has 116 valence electrons. The molecule has 0 spiro atoms. The van der Waals surface area contributed by atoms with Gasteiger partial charge in [-0.1, -0.05) is 48.0 Å². The molecule has 0 saturated carbocycles. The lowest BCUT2D eigenvalue weighted by Crippen LogP contribution is -2.08. The van der Waals surface area contributed by atoms with Crippen LogP contribution < -0.4 is 4.74 Å². The van der Waals surface area contributed by atoms with Crippen molar-refractivity contribution < 1.29 is 14.3 Å². The topological polar surface area (TPSA) is 35.5 Å². The highest BCUT2D eigenvalue weighted by atomic mass is 79.9. The van der Waals surface area contributed by atoms with Crippen molar-refractivity contribution in [2.45, 2.75) is 26.4 Å². The van der Waals surface area contributed by atoms with Gasteiger partial charge in [-0.05, 0) is 35.7 Å². The summed E-state index contributed by atoms with van der Waals surface area (Å²) in [6.07, 6.45) is 0. The minimum atomic E-state index is -0.365. The molecule has 2 rings (SSSR count). The zero-order valence-electron chi connectivity index (χ0n) is 12.9. The fourth-order valence-electron chi connectivity index (χ4n) is 2.10. The van der Waals surface area contributed by atoms with Gasteiger partial charge in [-0.3, -0.25) is 0 Å². The quantitative estimate of drug-likeness (QED) is 0.706. The fraction of sp³-hybridized carbons (Fsp3) is 0.278. The summed E-state index contributed by atoms with van der Waals surface area (Å²) in [5.41, 5.74) is 2.53. The number of hydrogen-bond donors (Lipinski definition) is 0. The highest BCUT2D eigenvalue weighted by molar-refractivity contribution is 9.10. The van der Waals surface area contributed by atoms with Gasteiger partial charge >= 0.3 is 5.97 Å². The molecule has 0 aromatic heterocycles. The molecular weight excluding hydrogens is 344 g/mol. The van der Waals surface area contributed by atoms with Crippen LogP contribution >= 0.6 is 15.9 Å². The fourth-order valence-corrected chi connectivity index (χ4v) is 2.46. The molecule has 0 aliphatic heterocycles. The predicted molar refractivity (Wildman–Crippen MR) is 90.3 cm³/mol. The van der Waals surface area contributed by atoms with Gasteiger partial charge in [-0.25, -0.2) is 4.79 Å². The number of benzene rings is 2. The van der Waals surface area contributed by atoms with E-state index < -0.39 is 0 Å². The van der Waals surface area contributed by atoms with Crippen LogP contribution in [0.25, 0.3) is 0 Å². The van der Waals surface area contributed by atoms with E-state index >= 15 is 0 Å². The average molecular weight is 363 g/mol. The second-order valence-electron chi connectivity index (χ2n) is 5.31. The summed E-state index contributed by atoms with van der Waals surface area (Å²) < 4.78 is 11.5. The lowest BCUT2D eigenvalue weighted by molar-refractivity contribution is 0.0597. The van der Waals surface area contributed by atoms with E-state index in [-0.39, 0.29) is 5.97 Å². The van der Waals surface area contributed by atoms with E-state index in [0.717, 1.165) is 15.8 Å². The number of halogens is 1. The first kappa shape index (κ1) is 16.6. The van der Waals surface area contributed by atoms with Crippen LogP contribution in [0.1, 0.15) is 41.3 Å². The molecule has 2 aromatic carbocycles. The van der Waals surface area contributed by atoms with Gasteiger partial charge in [0.25, 0.3) is 0 Å². The number of carbonyl (C=O) groups excluding carboxylic acids is 1. The average Bonchev–Trinajstić information content (AvgIpc) is 2.53. The third-order valence-electron chi connectivity index (χ3n) is 3.40. The molecule has 0 fully saturated rings. The molecule has 0 aliphatic rings. The molecule has 22 heavy (non-hydrogen) atoms. The van der Waals surface area contributed by atoms with Crippen LogP contribution in [0, 0.1) is 0 Å². The van der Waals surface area contributed by atoms with Gasteiger partial charge in [0.15, 0.2) is 0 Å². The van der Waals surface area contributed by atoms with Crippen molar-refractivity contribution in [1.29, 1.82) is 0 Å². The number of carbonyl (C=O) groups is 1. The Labute approximate surface area is 139 Å². The Balaban J connectivity index is 2.18. The highest BCUT2D eigenvalue weighted by Gasteiger charge is 2.13. The predicted octanol–water partition coefficient (Wildman–Crippen LogP) is 4.94. The van der Waals surface area contributed by atoms with Gasteiger partial charge in [0.05, 0.1) is 12.7 Å². The monoisotopic (exact) mass is 362 g/mol. The van der Waals surface area contributed by atoms with E-state index in [1.807, 2.05) is 30.3 Å². The van der Waals surface area contributed by atoms with E-state index in [1.165, 1.54) is 12.7 Å². The van der Waals surface area contributed by atoms with Crippen LogP contribution in [-0.4, -0.2) is 13.1 Å². The summed E-state index contributed by atoms with van der Waals surface area (Å²) in [4.78, 5) is 11.8.